The maximum atomic E-state index is 13.2. The van der Waals surface area contributed by atoms with Crippen molar-refractivity contribution in [2.45, 2.75) is 65.0 Å². The quantitative estimate of drug-likeness (QED) is 0.225. The fourth-order valence-corrected chi connectivity index (χ4v) is 4.68. The number of carbonyl (C=O) groups excluding carboxylic acids is 2. The molecule has 2 atom stereocenters. The number of aromatic nitrogens is 1. The van der Waals surface area contributed by atoms with Crippen molar-refractivity contribution < 1.29 is 38.4 Å². The number of hydrogen-bond donors (Lipinski definition) is 5. The van der Waals surface area contributed by atoms with Gasteiger partial charge in [0.1, 0.15) is 16.8 Å². The van der Waals surface area contributed by atoms with E-state index in [9.17, 15) is 18.9 Å². The van der Waals surface area contributed by atoms with Crippen LogP contribution >= 0.6 is 19.2 Å². The first-order chi connectivity index (χ1) is 16.8. The number of nitrogens with one attached hydrogen (secondary N) is 2. The number of carboxylic acid groups (broad SMARTS) is 1. The molecule has 5 N–H and O–H groups in total. The monoisotopic (exact) mass is 541 g/mol. The average molecular weight is 542 g/mol. The number of carbonyl (C=O) groups is 3. The van der Waals surface area contributed by atoms with Crippen LogP contribution in [0.3, 0.4) is 0 Å². The molecule has 1 aromatic carbocycles. The summed E-state index contributed by atoms with van der Waals surface area (Å²) in [5, 5.41) is 17.1. The van der Waals surface area contributed by atoms with Crippen LogP contribution in [0.1, 0.15) is 62.3 Å². The third kappa shape index (κ3) is 10.9. The Balaban J connectivity index is 2.17. The molecule has 0 bridgehead atoms. The molecule has 13 heteroatoms. The second kappa shape index (κ2) is 13.5. The molecular formula is C23H32N3O8PS. The molecule has 2 aromatic rings. The van der Waals surface area contributed by atoms with Crippen molar-refractivity contribution in [3.8, 4) is 5.75 Å². The van der Waals surface area contributed by atoms with Crippen LogP contribution in [0.5, 0.6) is 5.75 Å². The molecule has 1 heterocycles. The molecule has 0 aliphatic rings. The van der Waals surface area contributed by atoms with Gasteiger partial charge in [0.2, 0.25) is 11.8 Å². The Bertz CT molecular complexity index is 1080. The van der Waals surface area contributed by atoms with Crippen molar-refractivity contribution in [3.63, 3.8) is 0 Å². The molecule has 0 aliphatic heterocycles. The van der Waals surface area contributed by atoms with Crippen LogP contribution in [0.15, 0.2) is 29.6 Å². The van der Waals surface area contributed by atoms with Gasteiger partial charge in [-0.25, -0.2) is 9.55 Å². The molecule has 2 rings (SSSR count). The molecule has 0 radical (unpaired) electrons. The number of aliphatic carboxylic acids is 1. The van der Waals surface area contributed by atoms with E-state index in [0.717, 1.165) is 18.5 Å². The Labute approximate surface area is 213 Å². The maximum absolute atomic E-state index is 13.2. The Kier molecular flexibility index (Phi) is 11.0. The molecular weight excluding hydrogens is 509 g/mol. The van der Waals surface area contributed by atoms with Crippen LogP contribution in [0.4, 0.5) is 0 Å². The number of rotatable bonds is 14. The summed E-state index contributed by atoms with van der Waals surface area (Å²) in [6, 6.07) is 4.14. The summed E-state index contributed by atoms with van der Waals surface area (Å²) >= 11 is 1.35. The van der Waals surface area contributed by atoms with Gasteiger partial charge in [0.05, 0.1) is 11.7 Å². The maximum Gasteiger partial charge on any atom is 0.524 e. The standard InChI is InChI=1S/C23H32N3O8PS/c1-14(2)4-7-17-13-36-23(25-17)19(10-11-21(28)29)26-22(30)20(24-15(3)27)12-16-5-8-18(9-6-16)34-35(31,32)33/h5-6,8-9,13-14,19-20H,4,7,10-12H2,1-3H3,(H,24,27)(H,26,30)(H,28,29)(H2,31,32,33)/t19-,20-/m0/s1. The van der Waals surface area contributed by atoms with Gasteiger partial charge in [-0.1, -0.05) is 26.0 Å². The number of carboxylic acids is 1. The second-order valence-corrected chi connectivity index (χ2v) is 10.8. The van der Waals surface area contributed by atoms with Crippen LogP contribution in [0, 0.1) is 5.92 Å². The summed E-state index contributed by atoms with van der Waals surface area (Å²) in [5.74, 6) is -1.47. The van der Waals surface area contributed by atoms with Crippen molar-refractivity contribution in [1.29, 1.82) is 0 Å². The molecule has 198 valence electrons. The summed E-state index contributed by atoms with van der Waals surface area (Å²) in [6.45, 7) is 5.51. The fraction of sp³-hybridized carbons (Fsp3) is 0.478. The van der Waals surface area contributed by atoms with E-state index in [4.69, 9.17) is 14.9 Å². The predicted octanol–water partition coefficient (Wildman–Crippen LogP) is 2.97. The Morgan fingerprint density at radius 3 is 2.33 bits per heavy atom. The van der Waals surface area contributed by atoms with Gasteiger partial charge in [0, 0.05) is 25.1 Å². The topological polar surface area (TPSA) is 175 Å². The van der Waals surface area contributed by atoms with E-state index in [2.05, 4.69) is 34.0 Å². The summed E-state index contributed by atoms with van der Waals surface area (Å²) < 4.78 is 15.5. The van der Waals surface area contributed by atoms with Gasteiger partial charge in [-0.2, -0.15) is 0 Å². The van der Waals surface area contributed by atoms with Crippen LogP contribution in [-0.2, 0) is 31.8 Å². The minimum absolute atomic E-state index is 0.0432. The molecule has 36 heavy (non-hydrogen) atoms. The van der Waals surface area contributed by atoms with Gasteiger partial charge in [-0.3, -0.25) is 24.2 Å². The number of amides is 2. The van der Waals surface area contributed by atoms with Gasteiger partial charge in [0.25, 0.3) is 0 Å². The SMILES string of the molecule is CC(=O)N[C@@H](Cc1ccc(OP(=O)(O)O)cc1)C(=O)N[C@@H](CCC(=O)O)c1nc(CCC(C)C)cs1. The molecule has 0 aliphatic carbocycles. The molecule has 0 saturated heterocycles. The first-order valence-electron chi connectivity index (χ1n) is 11.4. The largest absolute Gasteiger partial charge is 0.524 e. The van der Waals surface area contributed by atoms with E-state index in [-0.39, 0.29) is 25.0 Å². The molecule has 0 unspecified atom stereocenters. The Morgan fingerprint density at radius 2 is 1.78 bits per heavy atom. The lowest BCUT2D eigenvalue weighted by atomic mass is 10.0. The highest BCUT2D eigenvalue weighted by Crippen LogP contribution is 2.37. The average Bonchev–Trinajstić information content (AvgIpc) is 3.23. The molecule has 1 aromatic heterocycles. The molecule has 11 nitrogen and oxygen atoms in total. The van der Waals surface area contributed by atoms with E-state index in [1.54, 1.807) is 0 Å². The highest BCUT2D eigenvalue weighted by molar-refractivity contribution is 7.46. The predicted molar refractivity (Wildman–Crippen MR) is 133 cm³/mol. The van der Waals surface area contributed by atoms with E-state index in [1.165, 1.54) is 42.5 Å². The zero-order valence-electron chi connectivity index (χ0n) is 20.3. The zero-order valence-corrected chi connectivity index (χ0v) is 22.1. The fourth-order valence-electron chi connectivity index (χ4n) is 3.35. The van der Waals surface area contributed by atoms with Crippen LogP contribution in [-0.4, -0.2) is 43.7 Å². The minimum Gasteiger partial charge on any atom is -0.481 e. The summed E-state index contributed by atoms with van der Waals surface area (Å²) in [5.41, 5.74) is 1.49. The first-order valence-corrected chi connectivity index (χ1v) is 13.8. The molecule has 0 spiro atoms. The third-order valence-electron chi connectivity index (χ3n) is 5.09. The van der Waals surface area contributed by atoms with Crippen molar-refractivity contribution in [3.05, 3.63) is 45.9 Å². The van der Waals surface area contributed by atoms with Gasteiger partial charge >= 0.3 is 13.8 Å². The smallest absolute Gasteiger partial charge is 0.481 e. The lowest BCUT2D eigenvalue weighted by molar-refractivity contribution is -0.137. The summed E-state index contributed by atoms with van der Waals surface area (Å²) in [7, 11) is -4.70. The van der Waals surface area contributed by atoms with Crippen LogP contribution in [0.2, 0.25) is 0 Å². The number of thiazole rings is 1. The number of aryl methyl sites for hydroxylation is 1. The highest BCUT2D eigenvalue weighted by Gasteiger charge is 2.26. The van der Waals surface area contributed by atoms with Gasteiger partial charge in [0.15, 0.2) is 0 Å². The minimum atomic E-state index is -4.70. The van der Waals surface area contributed by atoms with E-state index in [0.29, 0.717) is 16.5 Å². The summed E-state index contributed by atoms with van der Waals surface area (Å²) in [6.07, 6.45) is 1.80. The highest BCUT2D eigenvalue weighted by atomic mass is 32.1. The number of hydrogen-bond acceptors (Lipinski definition) is 7. The summed E-state index contributed by atoms with van der Waals surface area (Å²) in [4.78, 5) is 58.6. The number of phosphoric acid groups is 1. The van der Waals surface area contributed by atoms with E-state index < -0.39 is 37.7 Å². The lowest BCUT2D eigenvalue weighted by Gasteiger charge is -2.22. The molecule has 0 fully saturated rings. The molecule has 2 amide bonds. The van der Waals surface area contributed by atoms with E-state index in [1.807, 2.05) is 5.38 Å². The number of benzene rings is 1. The Hall–Kier alpha value is -2.79. The van der Waals surface area contributed by atoms with Gasteiger partial charge < -0.3 is 20.3 Å². The van der Waals surface area contributed by atoms with Gasteiger partial charge in [-0.05, 0) is 42.9 Å². The van der Waals surface area contributed by atoms with Crippen LogP contribution in [0.25, 0.3) is 0 Å². The Morgan fingerprint density at radius 1 is 1.11 bits per heavy atom. The van der Waals surface area contributed by atoms with Crippen molar-refractivity contribution >= 4 is 36.9 Å². The van der Waals surface area contributed by atoms with E-state index >= 15 is 0 Å². The molecule has 0 saturated carbocycles. The zero-order chi connectivity index (χ0) is 26.9. The van der Waals surface area contributed by atoms with Gasteiger partial charge in [-0.15, -0.1) is 11.3 Å². The van der Waals surface area contributed by atoms with Crippen molar-refractivity contribution in [2.75, 3.05) is 0 Å². The first kappa shape index (κ1) is 29.4. The number of nitrogens with zero attached hydrogens (tertiary/aromatic N) is 1. The number of phosphoric ester groups is 1. The second-order valence-electron chi connectivity index (χ2n) is 8.79. The third-order valence-corrected chi connectivity index (χ3v) is 6.55. The van der Waals surface area contributed by atoms with Crippen molar-refractivity contribution in [1.82, 2.24) is 15.6 Å². The normalized spacial score (nSPS) is 13.2. The lowest BCUT2D eigenvalue weighted by Crippen LogP contribution is -2.48. The van der Waals surface area contributed by atoms with Crippen LogP contribution < -0.4 is 15.2 Å². The van der Waals surface area contributed by atoms with Crippen molar-refractivity contribution in [2.24, 2.45) is 5.92 Å².